The first-order valence-electron chi connectivity index (χ1n) is 8.85. The predicted molar refractivity (Wildman–Crippen MR) is 88.8 cm³/mol. The fourth-order valence-electron chi connectivity index (χ4n) is 5.26. The third kappa shape index (κ3) is 2.47. The van der Waals surface area contributed by atoms with Gasteiger partial charge in [-0.1, -0.05) is 51.5 Å². The van der Waals surface area contributed by atoms with Crippen LogP contribution in [0, 0.1) is 29.6 Å². The van der Waals surface area contributed by atoms with Crippen molar-refractivity contribution in [3.05, 3.63) is 35.4 Å². The minimum atomic E-state index is -0.583. The van der Waals surface area contributed by atoms with E-state index in [2.05, 4.69) is 45.0 Å². The quantitative estimate of drug-likeness (QED) is 0.872. The van der Waals surface area contributed by atoms with E-state index >= 15 is 0 Å². The highest BCUT2D eigenvalue weighted by Gasteiger charge is 2.50. The van der Waals surface area contributed by atoms with E-state index in [9.17, 15) is 9.90 Å². The lowest BCUT2D eigenvalue weighted by Crippen LogP contribution is -2.47. The lowest BCUT2D eigenvalue weighted by Gasteiger charge is -2.51. The minimum absolute atomic E-state index is 0.0972. The number of aliphatic carboxylic acids is 1. The van der Waals surface area contributed by atoms with Crippen LogP contribution in [0.3, 0.4) is 0 Å². The Kier molecular flexibility index (Phi) is 4.29. The molecule has 0 aliphatic heterocycles. The van der Waals surface area contributed by atoms with Gasteiger partial charge >= 0.3 is 5.97 Å². The standard InChI is InChI=1S/C20H28O2/c1-4-14-17(11-18(14)20(21)22)16-10-9-13-7-5-6-8-15(13)19(16)12(2)3/h5-8,12,14,16-19H,4,9-11H2,1-3H3,(H,21,22). The predicted octanol–water partition coefficient (Wildman–Crippen LogP) is 4.74. The smallest absolute Gasteiger partial charge is 0.306 e. The molecule has 5 atom stereocenters. The van der Waals surface area contributed by atoms with Crippen molar-refractivity contribution in [2.75, 3.05) is 0 Å². The molecule has 0 saturated heterocycles. The fourth-order valence-corrected chi connectivity index (χ4v) is 5.26. The number of fused-ring (bicyclic) bond motifs is 1. The normalized spacial score (nSPS) is 34.1. The molecule has 3 rings (SSSR count). The van der Waals surface area contributed by atoms with Crippen LogP contribution in [0.5, 0.6) is 0 Å². The molecule has 1 N–H and O–H groups in total. The van der Waals surface area contributed by atoms with Gasteiger partial charge in [-0.05, 0) is 60.0 Å². The second-order valence-electron chi connectivity index (χ2n) is 7.59. The Hall–Kier alpha value is -1.31. The number of benzene rings is 1. The van der Waals surface area contributed by atoms with Gasteiger partial charge in [-0.3, -0.25) is 4.79 Å². The number of hydrogen-bond donors (Lipinski definition) is 1. The SMILES string of the molecule is CCC1C(C(=O)O)CC1C1CCc2ccccc2C1C(C)C. The van der Waals surface area contributed by atoms with Gasteiger partial charge in [0.2, 0.25) is 0 Å². The maximum Gasteiger partial charge on any atom is 0.306 e. The molecule has 1 fully saturated rings. The molecule has 0 aromatic heterocycles. The molecule has 2 nitrogen and oxygen atoms in total. The number of carbonyl (C=O) groups is 1. The van der Waals surface area contributed by atoms with E-state index in [4.69, 9.17) is 0 Å². The highest BCUT2D eigenvalue weighted by atomic mass is 16.4. The molecule has 1 saturated carbocycles. The first kappa shape index (κ1) is 15.6. The van der Waals surface area contributed by atoms with Gasteiger partial charge in [0.25, 0.3) is 0 Å². The van der Waals surface area contributed by atoms with Crippen molar-refractivity contribution in [1.82, 2.24) is 0 Å². The lowest BCUT2D eigenvalue weighted by atomic mass is 9.53. The third-order valence-corrected chi connectivity index (χ3v) is 6.27. The third-order valence-electron chi connectivity index (χ3n) is 6.27. The van der Waals surface area contributed by atoms with E-state index in [0.717, 1.165) is 19.3 Å². The number of carboxylic acids is 1. The summed E-state index contributed by atoms with van der Waals surface area (Å²) in [6, 6.07) is 8.89. The second-order valence-corrected chi connectivity index (χ2v) is 7.59. The average Bonchev–Trinajstić information content (AvgIpc) is 2.45. The van der Waals surface area contributed by atoms with Gasteiger partial charge in [-0.2, -0.15) is 0 Å². The molecule has 1 aromatic carbocycles. The van der Waals surface area contributed by atoms with Gasteiger partial charge in [-0.25, -0.2) is 0 Å². The highest BCUT2D eigenvalue weighted by Crippen LogP contribution is 2.55. The molecule has 0 heterocycles. The molecule has 0 amide bonds. The molecule has 0 spiro atoms. The molecule has 0 radical (unpaired) electrons. The average molecular weight is 300 g/mol. The maximum atomic E-state index is 11.4. The van der Waals surface area contributed by atoms with Crippen LogP contribution in [0.15, 0.2) is 24.3 Å². The van der Waals surface area contributed by atoms with Crippen molar-refractivity contribution in [1.29, 1.82) is 0 Å². The Balaban J connectivity index is 1.87. The summed E-state index contributed by atoms with van der Waals surface area (Å²) in [5, 5.41) is 9.38. The van der Waals surface area contributed by atoms with Crippen LogP contribution in [0.25, 0.3) is 0 Å². The van der Waals surface area contributed by atoms with Crippen LogP contribution in [-0.4, -0.2) is 11.1 Å². The summed E-state index contributed by atoms with van der Waals surface area (Å²) in [6.07, 6.45) is 4.29. The van der Waals surface area contributed by atoms with Gasteiger partial charge in [0.15, 0.2) is 0 Å². The topological polar surface area (TPSA) is 37.3 Å². The number of carboxylic acid groups (broad SMARTS) is 1. The van der Waals surface area contributed by atoms with E-state index in [1.54, 1.807) is 0 Å². The summed E-state index contributed by atoms with van der Waals surface area (Å²) in [7, 11) is 0. The van der Waals surface area contributed by atoms with Crippen LogP contribution < -0.4 is 0 Å². The summed E-state index contributed by atoms with van der Waals surface area (Å²) in [6.45, 7) is 6.82. The van der Waals surface area contributed by atoms with E-state index in [-0.39, 0.29) is 5.92 Å². The lowest BCUT2D eigenvalue weighted by molar-refractivity contribution is -0.154. The molecule has 2 heteroatoms. The van der Waals surface area contributed by atoms with Crippen molar-refractivity contribution in [2.24, 2.45) is 29.6 Å². The summed E-state index contributed by atoms with van der Waals surface area (Å²) in [5.41, 5.74) is 3.04. The van der Waals surface area contributed by atoms with Crippen molar-refractivity contribution < 1.29 is 9.90 Å². The van der Waals surface area contributed by atoms with Crippen molar-refractivity contribution in [3.8, 4) is 0 Å². The van der Waals surface area contributed by atoms with E-state index in [1.807, 2.05) is 0 Å². The van der Waals surface area contributed by atoms with Gasteiger partial charge in [0, 0.05) is 0 Å². The minimum Gasteiger partial charge on any atom is -0.481 e. The zero-order valence-corrected chi connectivity index (χ0v) is 14.0. The molecular formula is C20H28O2. The van der Waals surface area contributed by atoms with Crippen LogP contribution in [-0.2, 0) is 11.2 Å². The molecule has 0 bridgehead atoms. The summed E-state index contributed by atoms with van der Waals surface area (Å²) in [5.74, 6) is 2.18. The zero-order chi connectivity index (χ0) is 15.9. The first-order valence-corrected chi connectivity index (χ1v) is 8.85. The van der Waals surface area contributed by atoms with Gasteiger partial charge in [0.1, 0.15) is 0 Å². The molecule has 2 aliphatic rings. The summed E-state index contributed by atoms with van der Waals surface area (Å²) in [4.78, 5) is 11.4. The van der Waals surface area contributed by atoms with E-state index in [1.165, 1.54) is 17.5 Å². The Morgan fingerprint density at radius 1 is 1.27 bits per heavy atom. The maximum absolute atomic E-state index is 11.4. The Morgan fingerprint density at radius 2 is 2.00 bits per heavy atom. The summed E-state index contributed by atoms with van der Waals surface area (Å²) >= 11 is 0. The van der Waals surface area contributed by atoms with Crippen molar-refractivity contribution in [2.45, 2.75) is 52.4 Å². The molecule has 2 aliphatic carbocycles. The molecule has 120 valence electrons. The van der Waals surface area contributed by atoms with E-state index in [0.29, 0.717) is 29.6 Å². The van der Waals surface area contributed by atoms with Crippen LogP contribution >= 0.6 is 0 Å². The van der Waals surface area contributed by atoms with Gasteiger partial charge in [0.05, 0.1) is 5.92 Å². The molecule has 5 unspecified atom stereocenters. The molecule has 22 heavy (non-hydrogen) atoms. The van der Waals surface area contributed by atoms with Crippen molar-refractivity contribution >= 4 is 5.97 Å². The number of rotatable bonds is 4. The van der Waals surface area contributed by atoms with Crippen molar-refractivity contribution in [3.63, 3.8) is 0 Å². The zero-order valence-electron chi connectivity index (χ0n) is 14.0. The van der Waals surface area contributed by atoms with Crippen LogP contribution in [0.4, 0.5) is 0 Å². The first-order chi connectivity index (χ1) is 10.5. The van der Waals surface area contributed by atoms with Gasteiger partial charge < -0.3 is 5.11 Å². The van der Waals surface area contributed by atoms with Crippen LogP contribution in [0.1, 0.15) is 57.1 Å². The van der Waals surface area contributed by atoms with Crippen LogP contribution in [0.2, 0.25) is 0 Å². The Morgan fingerprint density at radius 3 is 2.64 bits per heavy atom. The monoisotopic (exact) mass is 300 g/mol. The fraction of sp³-hybridized carbons (Fsp3) is 0.650. The molecular weight excluding hydrogens is 272 g/mol. The second kappa shape index (κ2) is 6.06. The Bertz CT molecular complexity index is 548. The van der Waals surface area contributed by atoms with E-state index < -0.39 is 5.97 Å². The largest absolute Gasteiger partial charge is 0.481 e. The highest BCUT2D eigenvalue weighted by molar-refractivity contribution is 5.71. The number of aryl methyl sites for hydroxylation is 1. The summed E-state index contributed by atoms with van der Waals surface area (Å²) < 4.78 is 0. The van der Waals surface area contributed by atoms with Gasteiger partial charge in [-0.15, -0.1) is 0 Å². The molecule has 1 aromatic rings. The number of hydrogen-bond acceptors (Lipinski definition) is 1. The Labute approximate surface area is 133 Å².